The third kappa shape index (κ3) is 6.14. The van der Waals surface area contributed by atoms with E-state index in [0.29, 0.717) is 30.9 Å². The van der Waals surface area contributed by atoms with Crippen molar-refractivity contribution in [1.82, 2.24) is 0 Å². The summed E-state index contributed by atoms with van der Waals surface area (Å²) < 4.78 is 6.15. The van der Waals surface area contributed by atoms with Gasteiger partial charge in [-0.05, 0) is 58.1 Å². The first-order valence-corrected chi connectivity index (χ1v) is 11.3. The smallest absolute Gasteiger partial charge is 0.303 e. The highest BCUT2D eigenvalue weighted by molar-refractivity contribution is 5.83. The molecule has 0 saturated heterocycles. The van der Waals surface area contributed by atoms with Crippen LogP contribution in [0.4, 0.5) is 5.69 Å². The minimum Gasteiger partial charge on any atom is -0.493 e. The minimum atomic E-state index is -0.828. The number of hydrogen-bond acceptors (Lipinski definition) is 4. The van der Waals surface area contributed by atoms with Crippen LogP contribution in [0.2, 0.25) is 0 Å². The Balaban J connectivity index is 1.44. The van der Waals surface area contributed by atoms with Crippen molar-refractivity contribution in [1.29, 1.82) is 5.26 Å². The maximum Gasteiger partial charge on any atom is 0.303 e. The average molecular weight is 451 g/mol. The van der Waals surface area contributed by atoms with Gasteiger partial charge in [0.25, 0.3) is 0 Å². The molecule has 0 fully saturated rings. The van der Waals surface area contributed by atoms with Crippen LogP contribution in [0.25, 0.3) is 10.8 Å². The number of benzene rings is 4. The number of aliphatic carboxylic acids is 1. The van der Waals surface area contributed by atoms with E-state index in [1.165, 1.54) is 16.3 Å². The summed E-state index contributed by atoms with van der Waals surface area (Å²) in [7, 11) is 0. The van der Waals surface area contributed by atoms with Crippen LogP contribution < -0.4 is 10.1 Å². The highest BCUT2D eigenvalue weighted by Crippen LogP contribution is 2.24. The number of hydrogen-bond donors (Lipinski definition) is 2. The summed E-state index contributed by atoms with van der Waals surface area (Å²) >= 11 is 0. The molecule has 0 amide bonds. The molecule has 0 radical (unpaired) electrons. The Hall–Kier alpha value is -4.30. The predicted molar refractivity (Wildman–Crippen MR) is 134 cm³/mol. The topological polar surface area (TPSA) is 82.4 Å². The summed E-state index contributed by atoms with van der Waals surface area (Å²) in [5, 5.41) is 23.9. The Kier molecular flexibility index (Phi) is 7.42. The number of carboxylic acid groups (broad SMARTS) is 1. The molecule has 0 saturated carbocycles. The summed E-state index contributed by atoms with van der Waals surface area (Å²) in [5.41, 5.74) is 4.57. The molecule has 0 aliphatic heterocycles. The van der Waals surface area contributed by atoms with Gasteiger partial charge >= 0.3 is 5.97 Å². The first-order chi connectivity index (χ1) is 16.6. The highest BCUT2D eigenvalue weighted by atomic mass is 16.5. The van der Waals surface area contributed by atoms with Crippen molar-refractivity contribution in [2.45, 2.75) is 25.8 Å². The standard InChI is InChI=1S/C29H26N2O3/c30-19-22-4-3-7-27(17-22)31-20-23-9-11-25(12-13-29(32)33)28(18-23)34-15-14-21-8-10-24-5-1-2-6-26(24)16-21/h1-11,16-18,31H,12-15,20H2,(H,32,33). The van der Waals surface area contributed by atoms with Crippen molar-refractivity contribution in [3.05, 3.63) is 107 Å². The van der Waals surface area contributed by atoms with Gasteiger partial charge in [-0.25, -0.2) is 0 Å². The second kappa shape index (κ2) is 11.0. The van der Waals surface area contributed by atoms with Crippen LogP contribution in [0.5, 0.6) is 5.75 Å². The molecule has 5 nitrogen and oxygen atoms in total. The molecule has 4 aromatic carbocycles. The zero-order chi connectivity index (χ0) is 23.8. The monoisotopic (exact) mass is 450 g/mol. The summed E-state index contributed by atoms with van der Waals surface area (Å²) in [6.07, 6.45) is 1.23. The number of rotatable bonds is 10. The van der Waals surface area contributed by atoms with Crippen LogP contribution in [0.3, 0.4) is 0 Å². The second-order valence-electron chi connectivity index (χ2n) is 8.16. The molecular weight excluding hydrogens is 424 g/mol. The number of nitrogens with zero attached hydrogens (tertiary/aromatic N) is 1. The highest BCUT2D eigenvalue weighted by Gasteiger charge is 2.09. The van der Waals surface area contributed by atoms with Gasteiger partial charge in [0.05, 0.1) is 18.2 Å². The molecule has 0 aliphatic rings. The number of nitrogens with one attached hydrogen (secondary N) is 1. The molecule has 0 atom stereocenters. The van der Waals surface area contributed by atoms with E-state index in [1.54, 1.807) is 6.07 Å². The maximum absolute atomic E-state index is 11.1. The molecule has 0 aliphatic carbocycles. The molecule has 0 spiro atoms. The van der Waals surface area contributed by atoms with Crippen LogP contribution in [-0.2, 0) is 24.2 Å². The van der Waals surface area contributed by atoms with E-state index in [4.69, 9.17) is 15.1 Å². The van der Waals surface area contributed by atoms with E-state index in [9.17, 15) is 4.79 Å². The molecule has 34 heavy (non-hydrogen) atoms. The molecule has 4 aromatic rings. The summed E-state index contributed by atoms with van der Waals surface area (Å²) in [6.45, 7) is 1.06. The number of fused-ring (bicyclic) bond motifs is 1. The number of anilines is 1. The molecule has 2 N–H and O–H groups in total. The Morgan fingerprint density at radius 3 is 2.53 bits per heavy atom. The zero-order valence-electron chi connectivity index (χ0n) is 18.8. The number of nitriles is 1. The van der Waals surface area contributed by atoms with Gasteiger partial charge in [-0.3, -0.25) is 4.79 Å². The Labute approximate surface area is 199 Å². The van der Waals surface area contributed by atoms with Crippen molar-refractivity contribution >= 4 is 22.4 Å². The van der Waals surface area contributed by atoms with E-state index < -0.39 is 5.97 Å². The van der Waals surface area contributed by atoms with Gasteiger partial charge in [0.1, 0.15) is 5.75 Å². The first kappa shape index (κ1) is 22.9. The summed E-state index contributed by atoms with van der Waals surface area (Å²) in [4.78, 5) is 11.1. The van der Waals surface area contributed by atoms with E-state index >= 15 is 0 Å². The molecule has 5 heteroatoms. The van der Waals surface area contributed by atoms with Gasteiger partial charge < -0.3 is 15.2 Å². The predicted octanol–water partition coefficient (Wildman–Crippen LogP) is 5.96. The fraction of sp³-hybridized carbons (Fsp3) is 0.172. The number of carbonyl (C=O) groups is 1. The SMILES string of the molecule is N#Cc1cccc(NCc2ccc(CCC(=O)O)c(OCCc3ccc4ccccc4c3)c2)c1. The quantitative estimate of drug-likeness (QED) is 0.311. The Morgan fingerprint density at radius 1 is 0.882 bits per heavy atom. The number of carboxylic acids is 1. The number of ether oxygens (including phenoxy) is 1. The zero-order valence-corrected chi connectivity index (χ0v) is 18.8. The maximum atomic E-state index is 11.1. The number of aryl methyl sites for hydroxylation is 1. The van der Waals surface area contributed by atoms with Gasteiger partial charge in [0, 0.05) is 25.1 Å². The van der Waals surface area contributed by atoms with Gasteiger partial charge in [0.15, 0.2) is 0 Å². The Bertz CT molecular complexity index is 1340. The average Bonchev–Trinajstić information content (AvgIpc) is 2.87. The third-order valence-electron chi connectivity index (χ3n) is 5.69. The largest absolute Gasteiger partial charge is 0.493 e. The summed E-state index contributed by atoms with van der Waals surface area (Å²) in [6, 6.07) is 30.1. The third-order valence-corrected chi connectivity index (χ3v) is 5.69. The molecule has 0 heterocycles. The lowest BCUT2D eigenvalue weighted by molar-refractivity contribution is -0.136. The lowest BCUT2D eigenvalue weighted by atomic mass is 10.0. The van der Waals surface area contributed by atoms with Gasteiger partial charge in [0.2, 0.25) is 0 Å². The van der Waals surface area contributed by atoms with Crippen molar-refractivity contribution in [2.75, 3.05) is 11.9 Å². The van der Waals surface area contributed by atoms with Crippen LogP contribution >= 0.6 is 0 Å². The van der Waals surface area contributed by atoms with E-state index in [2.05, 4.69) is 41.7 Å². The molecule has 170 valence electrons. The minimum absolute atomic E-state index is 0.0551. The Morgan fingerprint density at radius 2 is 1.71 bits per heavy atom. The van der Waals surface area contributed by atoms with Crippen molar-refractivity contribution < 1.29 is 14.6 Å². The van der Waals surface area contributed by atoms with E-state index in [0.717, 1.165) is 23.2 Å². The lowest BCUT2D eigenvalue weighted by Gasteiger charge is -2.14. The fourth-order valence-electron chi connectivity index (χ4n) is 3.87. The van der Waals surface area contributed by atoms with E-state index in [-0.39, 0.29) is 6.42 Å². The van der Waals surface area contributed by atoms with Crippen LogP contribution in [0.1, 0.15) is 28.7 Å². The normalized spacial score (nSPS) is 10.6. The van der Waals surface area contributed by atoms with Crippen LogP contribution in [0, 0.1) is 11.3 Å². The fourth-order valence-corrected chi connectivity index (χ4v) is 3.87. The first-order valence-electron chi connectivity index (χ1n) is 11.3. The van der Waals surface area contributed by atoms with Crippen molar-refractivity contribution in [2.24, 2.45) is 0 Å². The van der Waals surface area contributed by atoms with Gasteiger partial charge in [-0.2, -0.15) is 5.26 Å². The van der Waals surface area contributed by atoms with Crippen LogP contribution in [0.15, 0.2) is 84.9 Å². The molecule has 0 aromatic heterocycles. The van der Waals surface area contributed by atoms with Crippen molar-refractivity contribution in [3.8, 4) is 11.8 Å². The van der Waals surface area contributed by atoms with E-state index in [1.807, 2.05) is 48.5 Å². The second-order valence-corrected chi connectivity index (χ2v) is 8.16. The van der Waals surface area contributed by atoms with Crippen LogP contribution in [-0.4, -0.2) is 17.7 Å². The molecule has 0 unspecified atom stereocenters. The lowest BCUT2D eigenvalue weighted by Crippen LogP contribution is -2.07. The van der Waals surface area contributed by atoms with Gasteiger partial charge in [-0.15, -0.1) is 0 Å². The molecular formula is C29H26N2O3. The van der Waals surface area contributed by atoms with Gasteiger partial charge in [-0.1, -0.05) is 60.7 Å². The van der Waals surface area contributed by atoms with Crippen molar-refractivity contribution in [3.63, 3.8) is 0 Å². The summed E-state index contributed by atoms with van der Waals surface area (Å²) in [5.74, 6) is -0.114. The molecule has 4 rings (SSSR count). The molecule has 0 bridgehead atoms.